The molecule has 2 atom stereocenters. The Morgan fingerprint density at radius 2 is 1.95 bits per heavy atom. The fourth-order valence-corrected chi connectivity index (χ4v) is 5.36. The first-order chi connectivity index (χ1) is 8.90. The number of rotatable bonds is 4. The van der Waals surface area contributed by atoms with Gasteiger partial charge in [-0.2, -0.15) is 0 Å². The predicted octanol–water partition coefficient (Wildman–Crippen LogP) is 2.31. The van der Waals surface area contributed by atoms with Gasteiger partial charge in [-0.3, -0.25) is 0 Å². The van der Waals surface area contributed by atoms with E-state index in [1.54, 1.807) is 11.4 Å². The second-order valence-corrected chi connectivity index (χ2v) is 8.40. The van der Waals surface area contributed by atoms with Gasteiger partial charge in [0.2, 0.25) is 10.0 Å². The van der Waals surface area contributed by atoms with Gasteiger partial charge in [-0.05, 0) is 37.2 Å². The van der Waals surface area contributed by atoms with Gasteiger partial charge in [-0.1, -0.05) is 13.8 Å². The molecule has 1 saturated carbocycles. The number of nitrogens with one attached hydrogen (secondary N) is 1. The summed E-state index contributed by atoms with van der Waals surface area (Å²) in [6.45, 7) is 4.76. The van der Waals surface area contributed by atoms with Crippen LogP contribution in [0.4, 0.5) is 0 Å². The van der Waals surface area contributed by atoms with Gasteiger partial charge in [0.1, 0.15) is 0 Å². The summed E-state index contributed by atoms with van der Waals surface area (Å²) in [7, 11) is -3.39. The minimum atomic E-state index is -3.39. The third-order valence-electron chi connectivity index (χ3n) is 3.64. The lowest BCUT2D eigenvalue weighted by atomic mass is 9.81. The SMILES string of the molecule is CC1CC(C)CC(NS(=O)(=O)c2csc(CN)c2)C1. The van der Waals surface area contributed by atoms with Crippen LogP contribution < -0.4 is 10.5 Å². The van der Waals surface area contributed by atoms with E-state index in [1.165, 1.54) is 17.8 Å². The Morgan fingerprint density at radius 1 is 1.32 bits per heavy atom. The van der Waals surface area contributed by atoms with Crippen molar-refractivity contribution in [2.45, 2.75) is 50.6 Å². The molecule has 1 aliphatic rings. The molecule has 0 aromatic carbocycles. The van der Waals surface area contributed by atoms with Crippen LogP contribution in [-0.4, -0.2) is 14.5 Å². The minimum Gasteiger partial charge on any atom is -0.326 e. The summed E-state index contributed by atoms with van der Waals surface area (Å²) < 4.78 is 27.4. The number of nitrogens with two attached hydrogens (primary N) is 1. The summed E-state index contributed by atoms with van der Waals surface area (Å²) in [4.78, 5) is 1.24. The number of hydrogen-bond acceptors (Lipinski definition) is 4. The van der Waals surface area contributed by atoms with Crippen molar-refractivity contribution in [1.29, 1.82) is 0 Å². The quantitative estimate of drug-likeness (QED) is 0.896. The van der Waals surface area contributed by atoms with E-state index in [0.717, 1.165) is 17.7 Å². The Kier molecular flexibility index (Phi) is 4.66. The van der Waals surface area contributed by atoms with Crippen molar-refractivity contribution in [1.82, 2.24) is 4.72 Å². The van der Waals surface area contributed by atoms with Crippen molar-refractivity contribution in [2.24, 2.45) is 17.6 Å². The lowest BCUT2D eigenvalue weighted by Crippen LogP contribution is -2.39. The molecule has 0 bridgehead atoms. The first-order valence-corrected chi connectivity index (χ1v) is 9.06. The average molecular weight is 302 g/mol. The Labute approximate surface area is 119 Å². The molecule has 0 aliphatic heterocycles. The standard InChI is InChI=1S/C13H22N2O2S2/c1-9-3-10(2)5-11(4-9)15-19(16,17)13-6-12(7-14)18-8-13/h6,8-11,15H,3-5,7,14H2,1-2H3. The topological polar surface area (TPSA) is 72.2 Å². The first-order valence-electron chi connectivity index (χ1n) is 6.70. The molecule has 1 heterocycles. The highest BCUT2D eigenvalue weighted by molar-refractivity contribution is 7.89. The lowest BCUT2D eigenvalue weighted by molar-refractivity contribution is 0.257. The van der Waals surface area contributed by atoms with Crippen molar-refractivity contribution >= 4 is 21.4 Å². The van der Waals surface area contributed by atoms with E-state index >= 15 is 0 Å². The molecule has 0 amide bonds. The largest absolute Gasteiger partial charge is 0.326 e. The maximum atomic E-state index is 12.3. The molecule has 1 aliphatic carbocycles. The molecule has 2 unspecified atom stereocenters. The van der Waals surface area contributed by atoms with E-state index in [4.69, 9.17) is 5.73 Å². The van der Waals surface area contributed by atoms with Crippen LogP contribution in [0, 0.1) is 11.8 Å². The van der Waals surface area contributed by atoms with Crippen molar-refractivity contribution in [3.05, 3.63) is 16.3 Å². The van der Waals surface area contributed by atoms with Gasteiger partial charge in [-0.25, -0.2) is 13.1 Å². The van der Waals surface area contributed by atoms with Crippen LogP contribution in [0.5, 0.6) is 0 Å². The molecule has 4 nitrogen and oxygen atoms in total. The zero-order valence-electron chi connectivity index (χ0n) is 11.4. The van der Waals surface area contributed by atoms with Crippen LogP contribution in [0.2, 0.25) is 0 Å². The predicted molar refractivity (Wildman–Crippen MR) is 78.5 cm³/mol. The van der Waals surface area contributed by atoms with Crippen LogP contribution in [0.3, 0.4) is 0 Å². The average Bonchev–Trinajstić information content (AvgIpc) is 2.75. The van der Waals surface area contributed by atoms with E-state index in [2.05, 4.69) is 18.6 Å². The molecule has 1 aromatic heterocycles. The fourth-order valence-electron chi connectivity index (χ4n) is 2.94. The summed E-state index contributed by atoms with van der Waals surface area (Å²) >= 11 is 1.40. The van der Waals surface area contributed by atoms with E-state index in [-0.39, 0.29) is 6.04 Å². The molecular formula is C13H22N2O2S2. The van der Waals surface area contributed by atoms with Gasteiger partial charge in [0, 0.05) is 22.8 Å². The summed E-state index contributed by atoms with van der Waals surface area (Å²) in [5.74, 6) is 1.16. The van der Waals surface area contributed by atoms with Gasteiger partial charge in [0.25, 0.3) is 0 Å². The molecule has 19 heavy (non-hydrogen) atoms. The van der Waals surface area contributed by atoms with Gasteiger partial charge >= 0.3 is 0 Å². The normalized spacial score (nSPS) is 28.5. The molecular weight excluding hydrogens is 280 g/mol. The van der Waals surface area contributed by atoms with Crippen LogP contribution in [-0.2, 0) is 16.6 Å². The molecule has 0 saturated heterocycles. The number of hydrogen-bond donors (Lipinski definition) is 2. The van der Waals surface area contributed by atoms with Crippen molar-refractivity contribution < 1.29 is 8.42 Å². The molecule has 1 fully saturated rings. The molecule has 0 radical (unpaired) electrons. The second-order valence-electron chi connectivity index (χ2n) is 5.69. The monoisotopic (exact) mass is 302 g/mol. The van der Waals surface area contributed by atoms with Crippen LogP contribution in [0.15, 0.2) is 16.3 Å². The van der Waals surface area contributed by atoms with Crippen LogP contribution in [0.1, 0.15) is 38.0 Å². The number of thiophene rings is 1. The van der Waals surface area contributed by atoms with Gasteiger partial charge < -0.3 is 5.73 Å². The van der Waals surface area contributed by atoms with Crippen molar-refractivity contribution in [3.8, 4) is 0 Å². The maximum Gasteiger partial charge on any atom is 0.241 e. The lowest BCUT2D eigenvalue weighted by Gasteiger charge is -2.31. The molecule has 6 heteroatoms. The summed E-state index contributed by atoms with van der Waals surface area (Å²) in [5.41, 5.74) is 5.52. The van der Waals surface area contributed by atoms with E-state index in [0.29, 0.717) is 23.3 Å². The van der Waals surface area contributed by atoms with E-state index in [9.17, 15) is 8.42 Å². The Balaban J connectivity index is 2.08. The third kappa shape index (κ3) is 3.78. The summed E-state index contributed by atoms with van der Waals surface area (Å²) in [6.07, 6.45) is 3.04. The fraction of sp³-hybridized carbons (Fsp3) is 0.692. The highest BCUT2D eigenvalue weighted by atomic mass is 32.2. The highest BCUT2D eigenvalue weighted by Gasteiger charge is 2.28. The molecule has 108 valence electrons. The second kappa shape index (κ2) is 5.91. The van der Waals surface area contributed by atoms with Gasteiger partial charge in [-0.15, -0.1) is 11.3 Å². The van der Waals surface area contributed by atoms with Gasteiger partial charge in [0.15, 0.2) is 0 Å². The van der Waals surface area contributed by atoms with E-state index in [1.807, 2.05) is 0 Å². The first kappa shape index (κ1) is 15.0. The Bertz CT molecular complexity index is 515. The van der Waals surface area contributed by atoms with Gasteiger partial charge in [0.05, 0.1) is 4.90 Å². The van der Waals surface area contributed by atoms with E-state index < -0.39 is 10.0 Å². The Morgan fingerprint density at radius 3 is 2.47 bits per heavy atom. The van der Waals surface area contributed by atoms with Crippen molar-refractivity contribution in [3.63, 3.8) is 0 Å². The molecule has 2 rings (SSSR count). The molecule has 3 N–H and O–H groups in total. The molecule has 1 aromatic rings. The zero-order valence-corrected chi connectivity index (χ0v) is 13.1. The smallest absolute Gasteiger partial charge is 0.241 e. The Hall–Kier alpha value is -0.430. The maximum absolute atomic E-state index is 12.3. The van der Waals surface area contributed by atoms with Crippen molar-refractivity contribution in [2.75, 3.05) is 0 Å². The highest BCUT2D eigenvalue weighted by Crippen LogP contribution is 2.29. The molecule has 0 spiro atoms. The summed E-state index contributed by atoms with van der Waals surface area (Å²) in [5, 5.41) is 1.67. The minimum absolute atomic E-state index is 0.0602. The zero-order chi connectivity index (χ0) is 14.0. The van der Waals surface area contributed by atoms with Crippen LogP contribution >= 0.6 is 11.3 Å². The summed E-state index contributed by atoms with van der Waals surface area (Å²) in [6, 6.07) is 1.73. The number of sulfonamides is 1. The third-order valence-corrected chi connectivity index (χ3v) is 6.25. The van der Waals surface area contributed by atoms with Crippen LogP contribution in [0.25, 0.3) is 0 Å².